The first-order valence-electron chi connectivity index (χ1n) is 14.1. The third-order valence-electron chi connectivity index (χ3n) is 7.98. The molecule has 224 valence electrons. The van der Waals surface area contributed by atoms with Gasteiger partial charge in [-0.15, -0.1) is 12.4 Å². The lowest BCUT2D eigenvalue weighted by atomic mass is 10.0. The maximum Gasteiger partial charge on any atom is 0.354 e. The third-order valence-corrected chi connectivity index (χ3v) is 7.98. The number of rotatable bonds is 4. The molecule has 3 aliphatic rings. The minimum Gasteiger partial charge on any atom is -0.492 e. The molecule has 2 saturated heterocycles. The highest BCUT2D eigenvalue weighted by molar-refractivity contribution is 5.89. The number of halogens is 1. The Morgan fingerprint density at radius 2 is 1.78 bits per heavy atom. The molecule has 2 atom stereocenters. The predicted molar refractivity (Wildman–Crippen MR) is 159 cm³/mol. The first-order valence-corrected chi connectivity index (χ1v) is 14.1. The van der Waals surface area contributed by atoms with Crippen LogP contribution in [0.5, 0.6) is 5.75 Å². The normalized spacial score (nSPS) is 21.7. The van der Waals surface area contributed by atoms with Gasteiger partial charge in [-0.2, -0.15) is 4.98 Å². The summed E-state index contributed by atoms with van der Waals surface area (Å²) in [6, 6.07) is 7.61. The van der Waals surface area contributed by atoms with Crippen LogP contribution in [0.3, 0.4) is 0 Å². The smallest absolute Gasteiger partial charge is 0.354 e. The van der Waals surface area contributed by atoms with Gasteiger partial charge in [0.2, 0.25) is 5.91 Å². The van der Waals surface area contributed by atoms with Gasteiger partial charge in [0, 0.05) is 57.1 Å². The molecule has 0 spiro atoms. The van der Waals surface area contributed by atoms with Gasteiger partial charge in [-0.1, -0.05) is 6.07 Å². The Morgan fingerprint density at radius 1 is 1.05 bits per heavy atom. The van der Waals surface area contributed by atoms with E-state index in [4.69, 9.17) is 16.2 Å². The zero-order chi connectivity index (χ0) is 28.4. The van der Waals surface area contributed by atoms with Gasteiger partial charge in [-0.05, 0) is 63.8 Å². The molecule has 2 fully saturated rings. The number of anilines is 1. The second kappa shape index (κ2) is 12.8. The monoisotopic (exact) mass is 588 g/mol. The summed E-state index contributed by atoms with van der Waals surface area (Å²) >= 11 is 0. The Labute approximate surface area is 246 Å². The van der Waals surface area contributed by atoms with Crippen molar-refractivity contribution < 1.29 is 14.3 Å². The molecule has 13 heteroatoms. The maximum absolute atomic E-state index is 12.9. The Hall–Kier alpha value is -3.19. The lowest BCUT2D eigenvalue weighted by Gasteiger charge is -2.37. The molecule has 5 rings (SSSR count). The number of likely N-dealkylation sites (tertiary alicyclic amines) is 1. The van der Waals surface area contributed by atoms with Crippen LogP contribution < -0.4 is 27.2 Å². The van der Waals surface area contributed by atoms with Gasteiger partial charge in [-0.25, -0.2) is 9.59 Å². The van der Waals surface area contributed by atoms with E-state index < -0.39 is 11.2 Å². The summed E-state index contributed by atoms with van der Waals surface area (Å²) in [7, 11) is 0. The van der Waals surface area contributed by atoms with Crippen LogP contribution in [0.15, 0.2) is 35.3 Å². The first kappa shape index (κ1) is 30.8. The minimum atomic E-state index is -0.952. The molecule has 0 bridgehead atoms. The van der Waals surface area contributed by atoms with E-state index in [1.807, 2.05) is 18.2 Å². The van der Waals surface area contributed by atoms with Crippen molar-refractivity contribution in [1.29, 1.82) is 0 Å². The number of amides is 3. The van der Waals surface area contributed by atoms with Crippen LogP contribution in [-0.2, 0) is 11.2 Å². The molecule has 12 nitrogen and oxygen atoms in total. The number of carbonyl (C=O) groups excluding carboxylic acids is 2. The molecule has 41 heavy (non-hydrogen) atoms. The summed E-state index contributed by atoms with van der Waals surface area (Å²) in [5.74, 6) is 0.801. The number of fused-ring (bicyclic) bond motifs is 1. The van der Waals surface area contributed by atoms with Crippen LogP contribution >= 0.6 is 12.4 Å². The second-order valence-electron chi connectivity index (χ2n) is 11.6. The number of nitrogens with zero attached hydrogens (tertiary/aromatic N) is 5. The molecular formula is C28H41ClN8O4. The van der Waals surface area contributed by atoms with Gasteiger partial charge in [0.1, 0.15) is 18.2 Å². The molecular weight excluding hydrogens is 548 g/mol. The second-order valence-corrected chi connectivity index (χ2v) is 11.6. The number of urea groups is 1. The van der Waals surface area contributed by atoms with Gasteiger partial charge < -0.3 is 26.0 Å². The molecule has 4 heterocycles. The van der Waals surface area contributed by atoms with E-state index in [9.17, 15) is 14.4 Å². The lowest BCUT2D eigenvalue weighted by Crippen LogP contribution is -2.58. The van der Waals surface area contributed by atoms with Crippen molar-refractivity contribution in [1.82, 2.24) is 24.3 Å². The standard InChI is InChI=1S/C28H40N8O4.ClH/c1-28(2,30)25(37)34-12-14-35(15-13-34)26(38)31-24-8-11-36(27(39)32-24)21-6-5-19-16-22(18-40-23(19)17-21)33-9-3-4-20(29)7-10-33;/h5-6,8,11,17,20,22H,3-4,7,9-10,12-16,18,29-30H2,1-2H3,(H,31,32,38,39);1H. The van der Waals surface area contributed by atoms with Crippen molar-refractivity contribution in [3.05, 3.63) is 46.5 Å². The number of hydrogen-bond acceptors (Lipinski definition) is 8. The Balaban J connectivity index is 0.00000387. The Morgan fingerprint density at radius 3 is 2.49 bits per heavy atom. The molecule has 1 aromatic heterocycles. The maximum atomic E-state index is 12.9. The highest BCUT2D eigenvalue weighted by atomic mass is 35.5. The highest BCUT2D eigenvalue weighted by Crippen LogP contribution is 2.29. The Bertz CT molecular complexity index is 1300. The fourth-order valence-corrected chi connectivity index (χ4v) is 5.62. The summed E-state index contributed by atoms with van der Waals surface area (Å²) < 4.78 is 7.57. The predicted octanol–water partition coefficient (Wildman–Crippen LogP) is 1.18. The number of ether oxygens (including phenoxy) is 1. The van der Waals surface area contributed by atoms with Crippen LogP contribution in [0.25, 0.3) is 5.69 Å². The lowest BCUT2D eigenvalue weighted by molar-refractivity contribution is -0.137. The molecule has 0 radical (unpaired) electrons. The zero-order valence-corrected chi connectivity index (χ0v) is 24.6. The van der Waals surface area contributed by atoms with Crippen LogP contribution in [0.4, 0.5) is 10.6 Å². The summed E-state index contributed by atoms with van der Waals surface area (Å²) in [6.45, 7) is 7.52. The molecule has 0 aliphatic carbocycles. The van der Waals surface area contributed by atoms with Gasteiger partial charge >= 0.3 is 11.7 Å². The van der Waals surface area contributed by atoms with Crippen molar-refractivity contribution in [3.63, 3.8) is 0 Å². The van der Waals surface area contributed by atoms with E-state index in [2.05, 4.69) is 15.2 Å². The highest BCUT2D eigenvalue weighted by Gasteiger charge is 2.31. The van der Waals surface area contributed by atoms with Gasteiger partial charge in [0.05, 0.1) is 11.2 Å². The van der Waals surface area contributed by atoms with Crippen molar-refractivity contribution in [2.45, 2.75) is 57.2 Å². The zero-order valence-electron chi connectivity index (χ0n) is 23.8. The van der Waals surface area contributed by atoms with Crippen LogP contribution in [0, 0.1) is 0 Å². The molecule has 3 aliphatic heterocycles. The van der Waals surface area contributed by atoms with Crippen molar-refractivity contribution in [2.75, 3.05) is 51.2 Å². The number of hydrogen-bond donors (Lipinski definition) is 3. The van der Waals surface area contributed by atoms with E-state index in [-0.39, 0.29) is 36.2 Å². The number of carbonyl (C=O) groups is 2. The minimum absolute atomic E-state index is 0. The van der Waals surface area contributed by atoms with Crippen LogP contribution in [-0.4, -0.2) is 99.7 Å². The van der Waals surface area contributed by atoms with E-state index in [0.717, 1.165) is 50.1 Å². The molecule has 3 amide bonds. The van der Waals surface area contributed by atoms with Crippen molar-refractivity contribution in [3.8, 4) is 11.4 Å². The fraction of sp³-hybridized carbons (Fsp3) is 0.571. The SMILES string of the molecule is CC(C)(N)C(=O)N1CCN(C(=O)Nc2ccn(-c3ccc4c(c3)OCC(N3CCCC(N)CC3)C4)c(=O)n2)CC1.Cl. The average molecular weight is 589 g/mol. The van der Waals surface area contributed by atoms with E-state index in [1.165, 1.54) is 4.57 Å². The van der Waals surface area contributed by atoms with Gasteiger partial charge in [0.25, 0.3) is 0 Å². The molecule has 2 unspecified atom stereocenters. The van der Waals surface area contributed by atoms with Crippen LogP contribution in [0.1, 0.15) is 38.7 Å². The van der Waals surface area contributed by atoms with Gasteiger partial charge in [-0.3, -0.25) is 19.6 Å². The van der Waals surface area contributed by atoms with Crippen molar-refractivity contribution in [2.24, 2.45) is 11.5 Å². The number of aromatic nitrogens is 2. The molecule has 0 saturated carbocycles. The Kier molecular flexibility index (Phi) is 9.58. The van der Waals surface area contributed by atoms with Crippen molar-refractivity contribution >= 4 is 30.2 Å². The number of piperazine rings is 1. The summed E-state index contributed by atoms with van der Waals surface area (Å²) in [6.07, 6.45) is 5.69. The molecule has 1 aromatic carbocycles. The summed E-state index contributed by atoms with van der Waals surface area (Å²) in [4.78, 5) is 47.8. The number of nitrogens with two attached hydrogens (primary N) is 2. The van der Waals surface area contributed by atoms with Crippen LogP contribution in [0.2, 0.25) is 0 Å². The molecule has 2 aromatic rings. The number of benzene rings is 1. The summed E-state index contributed by atoms with van der Waals surface area (Å²) in [5, 5.41) is 2.70. The molecule has 5 N–H and O–H groups in total. The van der Waals surface area contributed by atoms with E-state index >= 15 is 0 Å². The topological polar surface area (TPSA) is 152 Å². The van der Waals surface area contributed by atoms with Gasteiger partial charge in [0.15, 0.2) is 0 Å². The third kappa shape index (κ3) is 7.18. The summed E-state index contributed by atoms with van der Waals surface area (Å²) in [5.41, 5.74) is 12.4. The fourth-order valence-electron chi connectivity index (χ4n) is 5.62. The van der Waals surface area contributed by atoms with E-state index in [0.29, 0.717) is 44.5 Å². The van der Waals surface area contributed by atoms with E-state index in [1.54, 1.807) is 35.9 Å². The largest absolute Gasteiger partial charge is 0.492 e. The average Bonchev–Trinajstić information content (AvgIpc) is 3.16. The quantitative estimate of drug-likeness (QED) is 0.481. The number of nitrogens with one attached hydrogen (secondary N) is 1. The first-order chi connectivity index (χ1) is 19.1.